The molecule has 0 aliphatic carbocycles. The fraction of sp³-hybridized carbons (Fsp3) is 0.548. The number of hydrogen-bond acceptors (Lipinski definition) is 4. The SMILES string of the molecule is CC[C@@H](C)C(=O)N[C@H](C(=O)N1CCC[C@H]1CN(CCc1ccccc1)S(=O)(=O)c1cccc(C(F)(F)F)c1)C(C)(C)C. The molecule has 1 aliphatic heterocycles. The largest absolute Gasteiger partial charge is 0.416 e. The van der Waals surface area contributed by atoms with Crippen molar-refractivity contribution in [3.63, 3.8) is 0 Å². The second-order valence-electron chi connectivity index (χ2n) is 12.1. The van der Waals surface area contributed by atoms with Gasteiger partial charge in [0.05, 0.1) is 10.5 Å². The molecule has 2 aromatic carbocycles. The average molecular weight is 610 g/mol. The molecular weight excluding hydrogens is 567 g/mol. The summed E-state index contributed by atoms with van der Waals surface area (Å²) in [4.78, 5) is 27.8. The summed E-state index contributed by atoms with van der Waals surface area (Å²) >= 11 is 0. The van der Waals surface area contributed by atoms with Gasteiger partial charge in [0.15, 0.2) is 0 Å². The van der Waals surface area contributed by atoms with E-state index in [0.29, 0.717) is 38.3 Å². The minimum absolute atomic E-state index is 0.0224. The van der Waals surface area contributed by atoms with Crippen LogP contribution in [0.25, 0.3) is 0 Å². The van der Waals surface area contributed by atoms with Gasteiger partial charge >= 0.3 is 6.18 Å². The van der Waals surface area contributed by atoms with Crippen molar-refractivity contribution in [3.05, 3.63) is 65.7 Å². The highest BCUT2D eigenvalue weighted by molar-refractivity contribution is 7.89. The Bertz CT molecular complexity index is 1330. The lowest BCUT2D eigenvalue weighted by atomic mass is 9.85. The predicted octanol–water partition coefficient (Wildman–Crippen LogP) is 5.51. The van der Waals surface area contributed by atoms with Crippen LogP contribution in [0.4, 0.5) is 13.2 Å². The van der Waals surface area contributed by atoms with Crippen LogP contribution in [0.15, 0.2) is 59.5 Å². The van der Waals surface area contributed by atoms with Crippen LogP contribution >= 0.6 is 0 Å². The van der Waals surface area contributed by atoms with Crippen molar-refractivity contribution in [2.24, 2.45) is 11.3 Å². The Kier molecular flexibility index (Phi) is 10.9. The predicted molar refractivity (Wildman–Crippen MR) is 156 cm³/mol. The fourth-order valence-electron chi connectivity index (χ4n) is 5.03. The third kappa shape index (κ3) is 8.34. The summed E-state index contributed by atoms with van der Waals surface area (Å²) < 4.78 is 69.2. The first-order valence-electron chi connectivity index (χ1n) is 14.4. The van der Waals surface area contributed by atoms with Gasteiger partial charge in [0.1, 0.15) is 6.04 Å². The van der Waals surface area contributed by atoms with Crippen molar-refractivity contribution in [2.75, 3.05) is 19.6 Å². The van der Waals surface area contributed by atoms with Crippen molar-refractivity contribution >= 4 is 21.8 Å². The number of nitrogens with zero attached hydrogens (tertiary/aromatic N) is 2. The molecule has 0 unspecified atom stereocenters. The molecule has 0 spiro atoms. The van der Waals surface area contributed by atoms with Crippen LogP contribution in [0, 0.1) is 11.3 Å². The molecule has 1 fully saturated rings. The number of likely N-dealkylation sites (tertiary alicyclic amines) is 1. The standard InChI is InChI=1S/C31H42F3N3O4S/c1-6-22(2)28(38)35-27(30(3,4)5)29(39)37-18-11-15-25(37)21-36(19-17-23-12-8-7-9-13-23)42(40,41)26-16-10-14-24(20-26)31(32,33)34/h7-10,12-14,16,20,22,25,27H,6,11,15,17-19,21H2,1-5H3,(H,35,38)/t22-,25+,27-/m1/s1. The second kappa shape index (κ2) is 13.6. The van der Waals surface area contributed by atoms with E-state index in [2.05, 4.69) is 5.32 Å². The smallest absolute Gasteiger partial charge is 0.344 e. The first-order valence-corrected chi connectivity index (χ1v) is 15.8. The van der Waals surface area contributed by atoms with Crippen molar-refractivity contribution < 1.29 is 31.2 Å². The Morgan fingerprint density at radius 3 is 2.33 bits per heavy atom. The van der Waals surface area contributed by atoms with E-state index in [1.54, 1.807) is 11.8 Å². The minimum Gasteiger partial charge on any atom is -0.344 e. The van der Waals surface area contributed by atoms with Gasteiger partial charge in [0.25, 0.3) is 0 Å². The number of carbonyl (C=O) groups excluding carboxylic acids is 2. The third-order valence-corrected chi connectivity index (χ3v) is 9.69. The maximum absolute atomic E-state index is 13.9. The maximum atomic E-state index is 13.9. The summed E-state index contributed by atoms with van der Waals surface area (Å²) in [6.45, 7) is 9.61. The molecule has 42 heavy (non-hydrogen) atoms. The van der Waals surface area contributed by atoms with Gasteiger partial charge in [-0.15, -0.1) is 0 Å². The summed E-state index contributed by atoms with van der Waals surface area (Å²) in [7, 11) is -4.35. The van der Waals surface area contributed by atoms with Gasteiger partial charge in [-0.2, -0.15) is 17.5 Å². The Balaban J connectivity index is 1.93. The molecule has 3 rings (SSSR count). The number of amides is 2. The highest BCUT2D eigenvalue weighted by Gasteiger charge is 2.42. The van der Waals surface area contributed by atoms with Crippen LogP contribution in [0.3, 0.4) is 0 Å². The van der Waals surface area contributed by atoms with E-state index in [4.69, 9.17) is 0 Å². The minimum atomic E-state index is -4.70. The van der Waals surface area contributed by atoms with Gasteiger partial charge in [0, 0.05) is 31.6 Å². The lowest BCUT2D eigenvalue weighted by Gasteiger charge is -2.37. The Morgan fingerprint density at radius 2 is 1.74 bits per heavy atom. The number of halogens is 3. The maximum Gasteiger partial charge on any atom is 0.416 e. The van der Waals surface area contributed by atoms with E-state index in [-0.39, 0.29) is 30.8 Å². The first kappa shape index (κ1) is 33.6. The van der Waals surface area contributed by atoms with Crippen LogP contribution < -0.4 is 5.32 Å². The molecule has 1 N–H and O–H groups in total. The number of sulfonamides is 1. The van der Waals surface area contributed by atoms with E-state index in [9.17, 15) is 31.2 Å². The highest BCUT2D eigenvalue weighted by atomic mass is 32.2. The molecule has 0 aromatic heterocycles. The van der Waals surface area contributed by atoms with E-state index in [0.717, 1.165) is 23.8 Å². The van der Waals surface area contributed by atoms with E-state index in [1.165, 1.54) is 4.31 Å². The summed E-state index contributed by atoms with van der Waals surface area (Å²) in [5, 5.41) is 2.91. The lowest BCUT2D eigenvalue weighted by Crippen LogP contribution is -2.57. The average Bonchev–Trinajstić information content (AvgIpc) is 3.40. The van der Waals surface area contributed by atoms with Gasteiger partial charge in [-0.3, -0.25) is 9.59 Å². The van der Waals surface area contributed by atoms with Crippen LogP contribution in [-0.4, -0.2) is 61.2 Å². The summed E-state index contributed by atoms with van der Waals surface area (Å²) in [5.74, 6) is -0.789. The van der Waals surface area contributed by atoms with Crippen molar-refractivity contribution in [1.82, 2.24) is 14.5 Å². The third-order valence-electron chi connectivity index (χ3n) is 7.83. The molecule has 1 saturated heterocycles. The zero-order valence-electron chi connectivity index (χ0n) is 24.9. The number of nitrogens with one attached hydrogen (secondary N) is 1. The molecule has 3 atom stereocenters. The molecule has 232 valence electrons. The van der Waals surface area contributed by atoms with E-state index < -0.39 is 44.2 Å². The topological polar surface area (TPSA) is 86.8 Å². The molecule has 11 heteroatoms. The monoisotopic (exact) mass is 609 g/mol. The molecule has 1 aliphatic rings. The molecule has 1 heterocycles. The summed E-state index contributed by atoms with van der Waals surface area (Å²) in [6.07, 6.45) is -2.57. The molecular formula is C31H42F3N3O4S. The van der Waals surface area contributed by atoms with Gasteiger partial charge in [-0.1, -0.05) is 71.0 Å². The van der Waals surface area contributed by atoms with Crippen LogP contribution in [0.1, 0.15) is 65.0 Å². The molecule has 2 amide bonds. The highest BCUT2D eigenvalue weighted by Crippen LogP contribution is 2.32. The lowest BCUT2D eigenvalue weighted by molar-refractivity contribution is -0.141. The van der Waals surface area contributed by atoms with Crippen LogP contribution in [-0.2, 0) is 32.2 Å². The van der Waals surface area contributed by atoms with Crippen LogP contribution in [0.2, 0.25) is 0 Å². The zero-order chi connectivity index (χ0) is 31.3. The van der Waals surface area contributed by atoms with Crippen molar-refractivity contribution in [2.45, 2.75) is 83.5 Å². The first-order chi connectivity index (χ1) is 19.6. The summed E-state index contributed by atoms with van der Waals surface area (Å²) in [5.41, 5.74) is -0.777. The van der Waals surface area contributed by atoms with Gasteiger partial charge in [-0.05, 0) is 54.9 Å². The molecule has 7 nitrogen and oxygen atoms in total. The molecule has 0 bridgehead atoms. The van der Waals surface area contributed by atoms with E-state index >= 15 is 0 Å². The Hall–Kier alpha value is -2.92. The number of carbonyl (C=O) groups is 2. The van der Waals surface area contributed by atoms with Gasteiger partial charge < -0.3 is 10.2 Å². The van der Waals surface area contributed by atoms with Crippen molar-refractivity contribution in [1.29, 1.82) is 0 Å². The van der Waals surface area contributed by atoms with Gasteiger partial charge in [-0.25, -0.2) is 8.42 Å². The summed E-state index contributed by atoms with van der Waals surface area (Å²) in [6, 6.07) is 11.6. The Labute approximate surface area is 247 Å². The molecule has 2 aromatic rings. The fourth-order valence-corrected chi connectivity index (χ4v) is 6.55. The quantitative estimate of drug-likeness (QED) is 0.364. The molecule has 0 saturated carbocycles. The van der Waals surface area contributed by atoms with Gasteiger partial charge in [0.2, 0.25) is 21.8 Å². The number of benzene rings is 2. The Morgan fingerprint density at radius 1 is 1.07 bits per heavy atom. The number of hydrogen-bond donors (Lipinski definition) is 1. The number of alkyl halides is 3. The zero-order valence-corrected chi connectivity index (χ0v) is 25.8. The second-order valence-corrected chi connectivity index (χ2v) is 14.0. The molecule has 0 radical (unpaired) electrons. The van der Waals surface area contributed by atoms with Crippen molar-refractivity contribution in [3.8, 4) is 0 Å². The van der Waals surface area contributed by atoms with Crippen LogP contribution in [0.5, 0.6) is 0 Å². The van der Waals surface area contributed by atoms with E-state index in [1.807, 2.05) is 58.0 Å². The number of rotatable bonds is 11. The normalized spacial score (nSPS) is 17.7.